The van der Waals surface area contributed by atoms with Crippen molar-refractivity contribution in [3.63, 3.8) is 0 Å². The lowest BCUT2D eigenvalue weighted by Gasteiger charge is -2.28. The summed E-state index contributed by atoms with van der Waals surface area (Å²) in [4.78, 5) is 10.4. The Labute approximate surface area is 203 Å². The molecule has 0 unspecified atom stereocenters. The fourth-order valence-electron chi connectivity index (χ4n) is 2.90. The van der Waals surface area contributed by atoms with Crippen molar-refractivity contribution in [2.75, 3.05) is 13.7 Å². The van der Waals surface area contributed by atoms with Crippen molar-refractivity contribution in [3.8, 4) is 17.2 Å². The first-order chi connectivity index (χ1) is 15.6. The Bertz CT molecular complexity index is 869. The molecule has 0 aliphatic carbocycles. The van der Waals surface area contributed by atoms with E-state index in [1.54, 1.807) is 0 Å². The molecule has 0 saturated carbocycles. The predicted molar refractivity (Wildman–Crippen MR) is 135 cm³/mol. The minimum atomic E-state index is -1.05. The van der Waals surface area contributed by atoms with E-state index in [9.17, 15) is 15.0 Å². The molecule has 0 bridgehead atoms. The highest BCUT2D eigenvalue weighted by Gasteiger charge is 2.26. The van der Waals surface area contributed by atoms with E-state index < -0.39 is 5.97 Å². The Hall–Kier alpha value is -2.77. The third kappa shape index (κ3) is 10.0. The number of aromatic hydroxyl groups is 2. The van der Waals surface area contributed by atoms with Gasteiger partial charge in [0, 0.05) is 6.61 Å². The molecule has 5 N–H and O–H groups in total. The smallest absolute Gasteiger partial charge is 0.335 e. The number of methoxy groups -OCH3 is 1. The molecule has 0 heterocycles. The van der Waals surface area contributed by atoms with E-state index in [2.05, 4.69) is 48.5 Å². The fourth-order valence-corrected chi connectivity index (χ4v) is 2.90. The molecule has 0 atom stereocenters. The first-order valence-electron chi connectivity index (χ1n) is 11.3. The van der Waals surface area contributed by atoms with Crippen molar-refractivity contribution in [2.24, 2.45) is 0 Å². The van der Waals surface area contributed by atoms with Crippen LogP contribution < -0.4 is 4.74 Å². The van der Waals surface area contributed by atoms with Gasteiger partial charge in [-0.15, -0.1) is 0 Å². The SMILES string of the molecule is CC(C)(C)c1cc(CO)cc(C(C)(C)C)c1O.CCCCO.COc1cc(C(=O)O)ccc1O. The lowest BCUT2D eigenvalue weighted by Crippen LogP contribution is -2.17. The minimum absolute atomic E-state index is 0.00639. The van der Waals surface area contributed by atoms with E-state index in [4.69, 9.17) is 20.1 Å². The molecule has 2 aromatic rings. The van der Waals surface area contributed by atoms with Crippen LogP contribution in [0.4, 0.5) is 0 Å². The molecule has 0 spiro atoms. The van der Waals surface area contributed by atoms with Crippen LogP contribution in [-0.2, 0) is 17.4 Å². The zero-order valence-electron chi connectivity index (χ0n) is 21.8. The van der Waals surface area contributed by atoms with Crippen LogP contribution >= 0.6 is 0 Å². The summed E-state index contributed by atoms with van der Waals surface area (Å²) in [7, 11) is 1.36. The number of hydrogen-bond donors (Lipinski definition) is 5. The van der Waals surface area contributed by atoms with E-state index in [1.807, 2.05) is 12.1 Å². The van der Waals surface area contributed by atoms with Gasteiger partial charge in [0.2, 0.25) is 0 Å². The van der Waals surface area contributed by atoms with E-state index >= 15 is 0 Å². The van der Waals surface area contributed by atoms with Crippen molar-refractivity contribution in [1.29, 1.82) is 0 Å². The Morgan fingerprint density at radius 1 is 0.912 bits per heavy atom. The number of carbonyl (C=O) groups is 1. The molecule has 0 radical (unpaired) electrons. The van der Waals surface area contributed by atoms with Gasteiger partial charge < -0.3 is 30.3 Å². The largest absolute Gasteiger partial charge is 0.507 e. The number of phenolic OH excluding ortho intramolecular Hbond substituents is 2. The van der Waals surface area contributed by atoms with Crippen LogP contribution in [0.5, 0.6) is 17.2 Å². The monoisotopic (exact) mass is 478 g/mol. The molecule has 192 valence electrons. The molecule has 2 aromatic carbocycles. The normalized spacial score (nSPS) is 11.0. The molecular weight excluding hydrogens is 436 g/mol. The number of unbranched alkanes of at least 4 members (excludes halogenated alkanes) is 1. The van der Waals surface area contributed by atoms with Crippen LogP contribution in [0.1, 0.15) is 88.4 Å². The molecule has 0 amide bonds. The van der Waals surface area contributed by atoms with Crippen LogP contribution in [-0.4, -0.2) is 45.2 Å². The summed E-state index contributed by atoms with van der Waals surface area (Å²) in [5.41, 5.74) is 2.48. The van der Waals surface area contributed by atoms with E-state index in [0.717, 1.165) is 29.5 Å². The van der Waals surface area contributed by atoms with Crippen LogP contribution in [0.3, 0.4) is 0 Å². The summed E-state index contributed by atoms with van der Waals surface area (Å²) >= 11 is 0. The average molecular weight is 479 g/mol. The molecule has 7 nitrogen and oxygen atoms in total. The second-order valence-electron chi connectivity index (χ2n) is 9.97. The zero-order chi connectivity index (χ0) is 26.7. The maximum Gasteiger partial charge on any atom is 0.335 e. The van der Waals surface area contributed by atoms with Crippen molar-refractivity contribution in [3.05, 3.63) is 52.6 Å². The molecule has 0 aromatic heterocycles. The van der Waals surface area contributed by atoms with Gasteiger partial charge in [0.05, 0.1) is 19.3 Å². The first-order valence-corrected chi connectivity index (χ1v) is 11.3. The van der Waals surface area contributed by atoms with Crippen molar-refractivity contribution >= 4 is 5.97 Å². The van der Waals surface area contributed by atoms with E-state index in [-0.39, 0.29) is 34.5 Å². The highest BCUT2D eigenvalue weighted by molar-refractivity contribution is 5.88. The van der Waals surface area contributed by atoms with Gasteiger partial charge in [0.25, 0.3) is 0 Å². The Morgan fingerprint density at radius 2 is 1.41 bits per heavy atom. The lowest BCUT2D eigenvalue weighted by molar-refractivity contribution is 0.0696. The van der Waals surface area contributed by atoms with Crippen molar-refractivity contribution in [1.82, 2.24) is 0 Å². The molecule has 2 rings (SSSR count). The lowest BCUT2D eigenvalue weighted by atomic mass is 9.78. The first kappa shape index (κ1) is 31.2. The number of benzene rings is 2. The number of hydrogen-bond acceptors (Lipinski definition) is 6. The van der Waals surface area contributed by atoms with Crippen molar-refractivity contribution in [2.45, 2.75) is 78.7 Å². The second kappa shape index (κ2) is 13.8. The highest BCUT2D eigenvalue weighted by atomic mass is 16.5. The number of phenols is 2. The van der Waals surface area contributed by atoms with Gasteiger partial charge in [0.15, 0.2) is 11.5 Å². The summed E-state index contributed by atoms with van der Waals surface area (Å²) in [5.74, 6) is -0.590. The maximum absolute atomic E-state index is 10.4. The van der Waals surface area contributed by atoms with Gasteiger partial charge in [-0.1, -0.05) is 54.9 Å². The Morgan fingerprint density at radius 3 is 1.71 bits per heavy atom. The van der Waals surface area contributed by atoms with Crippen molar-refractivity contribution < 1.29 is 35.1 Å². The quantitative estimate of drug-likeness (QED) is 0.391. The van der Waals surface area contributed by atoms with Crippen LogP contribution in [0.2, 0.25) is 0 Å². The molecule has 0 aliphatic heterocycles. The van der Waals surface area contributed by atoms with Gasteiger partial charge in [-0.2, -0.15) is 0 Å². The van der Waals surface area contributed by atoms with E-state index in [1.165, 1.54) is 25.3 Å². The van der Waals surface area contributed by atoms with Gasteiger partial charge in [-0.05, 0) is 64.3 Å². The van der Waals surface area contributed by atoms with Gasteiger partial charge in [0.1, 0.15) is 5.75 Å². The molecule has 34 heavy (non-hydrogen) atoms. The summed E-state index contributed by atoms with van der Waals surface area (Å²) < 4.78 is 4.72. The molecule has 7 heteroatoms. The van der Waals surface area contributed by atoms with Crippen LogP contribution in [0.25, 0.3) is 0 Å². The predicted octanol–water partition coefficient (Wildman–Crippen LogP) is 5.36. The summed E-state index contributed by atoms with van der Waals surface area (Å²) in [5, 5.41) is 45.4. The number of ether oxygens (including phenoxy) is 1. The number of carboxylic acids is 1. The summed E-state index contributed by atoms with van der Waals surface area (Å²) in [6, 6.07) is 7.63. The van der Waals surface area contributed by atoms with Gasteiger partial charge in [-0.3, -0.25) is 0 Å². The number of aromatic carboxylic acids is 1. The third-order valence-corrected chi connectivity index (χ3v) is 4.91. The summed E-state index contributed by atoms with van der Waals surface area (Å²) in [6.45, 7) is 14.8. The average Bonchev–Trinajstić information content (AvgIpc) is 2.74. The van der Waals surface area contributed by atoms with Crippen LogP contribution in [0, 0.1) is 0 Å². The minimum Gasteiger partial charge on any atom is -0.507 e. The molecular formula is C27H42O7. The fraction of sp³-hybridized carbons (Fsp3) is 0.519. The number of carboxylic acid groups (broad SMARTS) is 1. The van der Waals surface area contributed by atoms with Crippen LogP contribution in [0.15, 0.2) is 30.3 Å². The zero-order valence-corrected chi connectivity index (χ0v) is 21.8. The molecule has 0 saturated heterocycles. The third-order valence-electron chi connectivity index (χ3n) is 4.91. The second-order valence-corrected chi connectivity index (χ2v) is 9.97. The molecule has 0 aliphatic rings. The number of aliphatic hydroxyl groups excluding tert-OH is 2. The summed E-state index contributed by atoms with van der Waals surface area (Å²) in [6.07, 6.45) is 2.04. The maximum atomic E-state index is 10.4. The van der Waals surface area contributed by atoms with Gasteiger partial charge in [-0.25, -0.2) is 4.79 Å². The number of rotatable bonds is 5. The highest BCUT2D eigenvalue weighted by Crippen LogP contribution is 2.39. The molecule has 0 fully saturated rings. The Kier molecular flexibility index (Phi) is 12.7. The van der Waals surface area contributed by atoms with E-state index in [0.29, 0.717) is 12.4 Å². The standard InChI is InChI=1S/C15H24O2.C8H8O4.C4H10O/c1-14(2,3)11-7-10(9-16)8-12(13(11)17)15(4,5)6;1-12-7-4-5(8(10)11)2-3-6(7)9;1-2-3-4-5/h7-8,16-17H,9H2,1-6H3;2-4,9H,1H3,(H,10,11);5H,2-4H2,1H3. The number of aliphatic hydroxyl groups is 2. The van der Waals surface area contributed by atoms with Gasteiger partial charge >= 0.3 is 5.97 Å². The topological polar surface area (TPSA) is 127 Å². The Balaban J connectivity index is 0.000000556.